The molecule has 1 aromatic rings. The first-order valence-corrected chi connectivity index (χ1v) is 10.5. The zero-order chi connectivity index (χ0) is 18.4. The van der Waals surface area contributed by atoms with Gasteiger partial charge in [0.05, 0.1) is 19.5 Å². The highest BCUT2D eigenvalue weighted by Crippen LogP contribution is 2.29. The van der Waals surface area contributed by atoms with Gasteiger partial charge in [0.15, 0.2) is 11.5 Å². The van der Waals surface area contributed by atoms with Crippen molar-refractivity contribution in [1.29, 1.82) is 0 Å². The molecule has 0 unspecified atom stereocenters. The number of nitrogens with zero attached hydrogens (tertiary/aromatic N) is 2. The summed E-state index contributed by atoms with van der Waals surface area (Å²) in [5.74, 6) is 2.13. The average molecular weight is 371 g/mol. The van der Waals surface area contributed by atoms with Crippen molar-refractivity contribution >= 4 is 10.0 Å². The molecule has 0 atom stereocenters. The molecule has 25 heavy (non-hydrogen) atoms. The van der Waals surface area contributed by atoms with E-state index in [1.54, 1.807) is 18.3 Å². The normalized spacial score (nSPS) is 17.0. The van der Waals surface area contributed by atoms with Crippen molar-refractivity contribution in [3.05, 3.63) is 23.8 Å². The Bertz CT molecular complexity index is 653. The molecule has 0 aromatic heterocycles. The molecular weight excluding hydrogens is 340 g/mol. The maximum absolute atomic E-state index is 11.9. The fraction of sp³-hybridized carbons (Fsp3) is 0.667. The summed E-state index contributed by atoms with van der Waals surface area (Å²) in [5.41, 5.74) is 1.14. The molecule has 1 saturated heterocycles. The quantitative estimate of drug-likeness (QED) is 0.702. The summed E-state index contributed by atoms with van der Waals surface area (Å²) in [5, 5.41) is 0. The second kappa shape index (κ2) is 8.87. The van der Waals surface area contributed by atoms with E-state index in [9.17, 15) is 8.42 Å². The van der Waals surface area contributed by atoms with Crippen LogP contribution in [0.1, 0.15) is 26.3 Å². The van der Waals surface area contributed by atoms with Gasteiger partial charge < -0.3 is 9.47 Å². The van der Waals surface area contributed by atoms with Crippen LogP contribution in [0.2, 0.25) is 0 Å². The lowest BCUT2D eigenvalue weighted by Gasteiger charge is -2.33. The maximum Gasteiger partial charge on any atom is 0.213 e. The van der Waals surface area contributed by atoms with Crippen molar-refractivity contribution in [2.75, 3.05) is 45.6 Å². The first kappa shape index (κ1) is 20.0. The maximum atomic E-state index is 11.9. The summed E-state index contributed by atoms with van der Waals surface area (Å²) in [7, 11) is -1.43. The molecule has 0 spiro atoms. The SMILES string of the molecule is CCS(=O)(=O)N1CCN(Cc2ccc(OCC(C)C)c(OC)c2)CC1. The Balaban J connectivity index is 1.95. The van der Waals surface area contributed by atoms with Crippen molar-refractivity contribution < 1.29 is 17.9 Å². The number of piperazine rings is 1. The monoisotopic (exact) mass is 370 g/mol. The van der Waals surface area contributed by atoms with Crippen LogP contribution in [0.25, 0.3) is 0 Å². The van der Waals surface area contributed by atoms with E-state index in [1.807, 2.05) is 18.2 Å². The summed E-state index contributed by atoms with van der Waals surface area (Å²) in [6.45, 7) is 9.95. The zero-order valence-electron chi connectivity index (χ0n) is 15.7. The molecule has 0 bridgehead atoms. The summed E-state index contributed by atoms with van der Waals surface area (Å²) in [4.78, 5) is 2.27. The van der Waals surface area contributed by atoms with Gasteiger partial charge in [0.1, 0.15) is 0 Å². The number of methoxy groups -OCH3 is 1. The van der Waals surface area contributed by atoms with E-state index in [-0.39, 0.29) is 5.75 Å². The molecule has 0 aliphatic carbocycles. The Morgan fingerprint density at radius 3 is 2.36 bits per heavy atom. The molecule has 0 N–H and O–H groups in total. The molecule has 6 nitrogen and oxygen atoms in total. The van der Waals surface area contributed by atoms with Crippen LogP contribution in [0.15, 0.2) is 18.2 Å². The van der Waals surface area contributed by atoms with Crippen molar-refractivity contribution in [3.8, 4) is 11.5 Å². The van der Waals surface area contributed by atoms with Crippen molar-refractivity contribution in [3.63, 3.8) is 0 Å². The third-order valence-electron chi connectivity index (χ3n) is 4.30. The Kier molecular flexibility index (Phi) is 7.10. The van der Waals surface area contributed by atoms with E-state index in [0.717, 1.165) is 36.7 Å². The standard InChI is InChI=1S/C18H30N2O4S/c1-5-25(21,22)20-10-8-19(9-11-20)13-16-6-7-17(18(12-16)23-4)24-14-15(2)3/h6-7,12,15H,5,8-11,13-14H2,1-4H3. The molecule has 2 rings (SSSR count). The predicted molar refractivity (Wildman–Crippen MR) is 99.6 cm³/mol. The first-order chi connectivity index (χ1) is 11.9. The molecule has 0 saturated carbocycles. The molecule has 1 fully saturated rings. The van der Waals surface area contributed by atoms with Crippen LogP contribution in [0.5, 0.6) is 11.5 Å². The number of hydrogen-bond acceptors (Lipinski definition) is 5. The van der Waals surface area contributed by atoms with Gasteiger partial charge in [-0.3, -0.25) is 4.90 Å². The average Bonchev–Trinajstić information content (AvgIpc) is 2.60. The van der Waals surface area contributed by atoms with Gasteiger partial charge in [-0.05, 0) is 30.5 Å². The summed E-state index contributed by atoms with van der Waals surface area (Å²) < 4.78 is 36.7. The number of benzene rings is 1. The zero-order valence-corrected chi connectivity index (χ0v) is 16.5. The van der Waals surface area contributed by atoms with Gasteiger partial charge in [-0.2, -0.15) is 4.31 Å². The number of sulfonamides is 1. The molecule has 1 aliphatic heterocycles. The molecule has 0 amide bonds. The molecule has 1 heterocycles. The van der Waals surface area contributed by atoms with E-state index < -0.39 is 10.0 Å². The minimum atomic E-state index is -3.08. The number of rotatable bonds is 8. The van der Waals surface area contributed by atoms with Gasteiger partial charge in [0, 0.05) is 32.7 Å². The van der Waals surface area contributed by atoms with Crippen molar-refractivity contribution in [1.82, 2.24) is 9.21 Å². The second-order valence-corrected chi connectivity index (χ2v) is 9.02. The fourth-order valence-corrected chi connectivity index (χ4v) is 3.88. The molecule has 1 aromatic carbocycles. The molecule has 0 radical (unpaired) electrons. The highest BCUT2D eigenvalue weighted by Gasteiger charge is 2.25. The second-order valence-electron chi connectivity index (χ2n) is 6.77. The third-order valence-corrected chi connectivity index (χ3v) is 6.18. The lowest BCUT2D eigenvalue weighted by Crippen LogP contribution is -2.48. The highest BCUT2D eigenvalue weighted by atomic mass is 32.2. The number of hydrogen-bond donors (Lipinski definition) is 0. The summed E-state index contributed by atoms with van der Waals surface area (Å²) in [6.07, 6.45) is 0. The van der Waals surface area contributed by atoms with Crippen LogP contribution in [0, 0.1) is 5.92 Å². The molecule has 7 heteroatoms. The minimum Gasteiger partial charge on any atom is -0.493 e. The van der Waals surface area contributed by atoms with Gasteiger partial charge in [-0.25, -0.2) is 8.42 Å². The van der Waals surface area contributed by atoms with Crippen LogP contribution in [-0.4, -0.2) is 63.3 Å². The van der Waals surface area contributed by atoms with Crippen LogP contribution in [0.4, 0.5) is 0 Å². The van der Waals surface area contributed by atoms with Crippen molar-refractivity contribution in [2.24, 2.45) is 5.92 Å². The van der Waals surface area contributed by atoms with Gasteiger partial charge in [0.25, 0.3) is 0 Å². The van der Waals surface area contributed by atoms with Crippen LogP contribution in [-0.2, 0) is 16.6 Å². The van der Waals surface area contributed by atoms with Gasteiger partial charge >= 0.3 is 0 Å². The van der Waals surface area contributed by atoms with Gasteiger partial charge in [-0.1, -0.05) is 19.9 Å². The number of ether oxygens (including phenoxy) is 2. The van der Waals surface area contributed by atoms with E-state index in [1.165, 1.54) is 0 Å². The Hall–Kier alpha value is -1.31. The van der Waals surface area contributed by atoms with Crippen LogP contribution >= 0.6 is 0 Å². The van der Waals surface area contributed by atoms with E-state index in [0.29, 0.717) is 25.6 Å². The van der Waals surface area contributed by atoms with E-state index >= 15 is 0 Å². The Morgan fingerprint density at radius 1 is 1.12 bits per heavy atom. The third kappa shape index (κ3) is 5.59. The first-order valence-electron chi connectivity index (χ1n) is 8.85. The Labute approximate surface area is 151 Å². The van der Waals surface area contributed by atoms with E-state index in [4.69, 9.17) is 9.47 Å². The van der Waals surface area contributed by atoms with E-state index in [2.05, 4.69) is 18.7 Å². The largest absolute Gasteiger partial charge is 0.493 e. The molecule has 142 valence electrons. The van der Waals surface area contributed by atoms with Gasteiger partial charge in [0.2, 0.25) is 10.0 Å². The van der Waals surface area contributed by atoms with Crippen LogP contribution in [0.3, 0.4) is 0 Å². The predicted octanol–water partition coefficient (Wildman–Crippen LogP) is 2.20. The Morgan fingerprint density at radius 2 is 1.80 bits per heavy atom. The fourth-order valence-electron chi connectivity index (χ4n) is 2.79. The summed E-state index contributed by atoms with van der Waals surface area (Å²) in [6, 6.07) is 6.01. The van der Waals surface area contributed by atoms with Crippen molar-refractivity contribution in [2.45, 2.75) is 27.3 Å². The van der Waals surface area contributed by atoms with Gasteiger partial charge in [-0.15, -0.1) is 0 Å². The molecular formula is C18H30N2O4S. The summed E-state index contributed by atoms with van der Waals surface area (Å²) >= 11 is 0. The lowest BCUT2D eigenvalue weighted by molar-refractivity contribution is 0.181. The lowest BCUT2D eigenvalue weighted by atomic mass is 10.1. The topological polar surface area (TPSA) is 59.1 Å². The van der Waals surface area contributed by atoms with Crippen LogP contribution < -0.4 is 9.47 Å². The smallest absolute Gasteiger partial charge is 0.213 e. The minimum absolute atomic E-state index is 0.169. The highest BCUT2D eigenvalue weighted by molar-refractivity contribution is 7.89. The molecule has 1 aliphatic rings.